The zero-order chi connectivity index (χ0) is 18.7. The summed E-state index contributed by atoms with van der Waals surface area (Å²) in [5.41, 5.74) is 3.49. The van der Waals surface area contributed by atoms with Crippen molar-refractivity contribution in [2.45, 2.75) is 13.8 Å². The molecule has 0 aliphatic carbocycles. The van der Waals surface area contributed by atoms with Gasteiger partial charge in [-0.05, 0) is 43.2 Å². The molecule has 0 atom stereocenters. The molecule has 0 fully saturated rings. The van der Waals surface area contributed by atoms with Gasteiger partial charge in [0.1, 0.15) is 11.6 Å². The van der Waals surface area contributed by atoms with E-state index in [-0.39, 0.29) is 11.6 Å². The molecule has 132 valence electrons. The molecule has 1 heterocycles. The highest BCUT2D eigenvalue weighted by Crippen LogP contribution is 2.23. The van der Waals surface area contributed by atoms with E-state index in [4.69, 9.17) is 0 Å². The summed E-state index contributed by atoms with van der Waals surface area (Å²) in [6.45, 7) is 3.83. The smallest absolute Gasteiger partial charge is 0.257 e. The normalized spacial score (nSPS) is 10.5. The molecule has 0 aliphatic rings. The number of amides is 1. The molecular formula is C20H17F2N3O. The summed E-state index contributed by atoms with van der Waals surface area (Å²) in [5.74, 6) is -1.71. The molecule has 4 nitrogen and oxygen atoms in total. The van der Waals surface area contributed by atoms with Gasteiger partial charge in [-0.3, -0.25) is 9.78 Å². The molecular weight excluding hydrogens is 336 g/mol. The number of aromatic nitrogens is 1. The van der Waals surface area contributed by atoms with Crippen molar-refractivity contribution in [1.82, 2.24) is 4.98 Å². The van der Waals surface area contributed by atoms with Crippen LogP contribution in [0.2, 0.25) is 0 Å². The first-order valence-electron chi connectivity index (χ1n) is 7.99. The minimum atomic E-state index is -0.726. The maximum absolute atomic E-state index is 13.8. The predicted molar refractivity (Wildman–Crippen MR) is 97.7 cm³/mol. The van der Waals surface area contributed by atoms with Crippen LogP contribution in [0.5, 0.6) is 0 Å². The Labute approximate surface area is 149 Å². The van der Waals surface area contributed by atoms with E-state index in [9.17, 15) is 13.6 Å². The van der Waals surface area contributed by atoms with E-state index in [0.29, 0.717) is 11.3 Å². The van der Waals surface area contributed by atoms with Crippen LogP contribution in [0, 0.1) is 25.5 Å². The second-order valence-corrected chi connectivity index (χ2v) is 5.93. The molecule has 0 aliphatic heterocycles. The van der Waals surface area contributed by atoms with Crippen LogP contribution in [0.25, 0.3) is 0 Å². The number of rotatable bonds is 4. The van der Waals surface area contributed by atoms with Crippen molar-refractivity contribution in [3.8, 4) is 0 Å². The Morgan fingerprint density at radius 1 is 1.00 bits per heavy atom. The molecule has 26 heavy (non-hydrogen) atoms. The fraction of sp³-hybridized carbons (Fsp3) is 0.100. The summed E-state index contributed by atoms with van der Waals surface area (Å²) in [6, 6.07) is 10.5. The van der Waals surface area contributed by atoms with E-state index in [2.05, 4.69) is 15.6 Å². The number of hydrogen-bond acceptors (Lipinski definition) is 3. The van der Waals surface area contributed by atoms with Crippen LogP contribution in [-0.4, -0.2) is 10.9 Å². The maximum Gasteiger partial charge on any atom is 0.257 e. The van der Waals surface area contributed by atoms with Crippen LogP contribution in [0.1, 0.15) is 21.5 Å². The van der Waals surface area contributed by atoms with Crippen molar-refractivity contribution in [1.29, 1.82) is 0 Å². The second-order valence-electron chi connectivity index (χ2n) is 5.93. The number of anilines is 3. The minimum Gasteiger partial charge on any atom is -0.352 e. The van der Waals surface area contributed by atoms with E-state index < -0.39 is 11.6 Å². The van der Waals surface area contributed by atoms with E-state index in [0.717, 1.165) is 28.9 Å². The largest absolute Gasteiger partial charge is 0.352 e. The number of benzene rings is 2. The van der Waals surface area contributed by atoms with Crippen molar-refractivity contribution in [3.63, 3.8) is 0 Å². The Balaban J connectivity index is 1.81. The van der Waals surface area contributed by atoms with Gasteiger partial charge in [0.2, 0.25) is 0 Å². The summed E-state index contributed by atoms with van der Waals surface area (Å²) in [4.78, 5) is 16.5. The number of pyridine rings is 1. The lowest BCUT2D eigenvalue weighted by Crippen LogP contribution is -2.14. The summed E-state index contributed by atoms with van der Waals surface area (Å²) < 4.78 is 26.8. The van der Waals surface area contributed by atoms with Gasteiger partial charge in [0.15, 0.2) is 0 Å². The number of aryl methyl sites for hydroxylation is 2. The van der Waals surface area contributed by atoms with E-state index in [1.807, 2.05) is 32.0 Å². The average Bonchev–Trinajstić information content (AvgIpc) is 2.61. The highest BCUT2D eigenvalue weighted by molar-refractivity contribution is 6.05. The standard InChI is InChI=1S/C20H17F2N3O/c1-12-4-3-5-13(2)19(12)25-20(26)14-8-16(11-23-10-14)24-18-7-6-15(21)9-17(18)22/h3-11,24H,1-2H3,(H,25,26). The Hall–Kier alpha value is -3.28. The van der Waals surface area contributed by atoms with Gasteiger partial charge in [0.05, 0.1) is 23.1 Å². The number of nitrogens with zero attached hydrogens (tertiary/aromatic N) is 1. The number of para-hydroxylation sites is 1. The van der Waals surface area contributed by atoms with Crippen LogP contribution in [-0.2, 0) is 0 Å². The Morgan fingerprint density at radius 3 is 2.42 bits per heavy atom. The highest BCUT2D eigenvalue weighted by atomic mass is 19.1. The van der Waals surface area contributed by atoms with E-state index in [1.54, 1.807) is 6.07 Å². The molecule has 2 aromatic carbocycles. The molecule has 1 amide bonds. The molecule has 0 radical (unpaired) electrons. The molecule has 3 rings (SSSR count). The first-order chi connectivity index (χ1) is 12.4. The van der Waals surface area contributed by atoms with Gasteiger partial charge in [-0.2, -0.15) is 0 Å². The summed E-state index contributed by atoms with van der Waals surface area (Å²) in [6.07, 6.45) is 2.88. The zero-order valence-electron chi connectivity index (χ0n) is 14.3. The van der Waals surface area contributed by atoms with Crippen molar-refractivity contribution >= 4 is 23.0 Å². The Bertz CT molecular complexity index is 953. The molecule has 0 spiro atoms. The molecule has 2 N–H and O–H groups in total. The number of hydrogen-bond donors (Lipinski definition) is 2. The van der Waals surface area contributed by atoms with Crippen molar-refractivity contribution in [2.75, 3.05) is 10.6 Å². The topological polar surface area (TPSA) is 54.0 Å². The Kier molecular flexibility index (Phi) is 4.93. The Morgan fingerprint density at radius 2 is 1.73 bits per heavy atom. The van der Waals surface area contributed by atoms with Crippen molar-refractivity contribution < 1.29 is 13.6 Å². The van der Waals surface area contributed by atoms with Gasteiger partial charge in [-0.15, -0.1) is 0 Å². The number of carbonyl (C=O) groups is 1. The molecule has 6 heteroatoms. The molecule has 0 unspecified atom stereocenters. The van der Waals surface area contributed by atoms with Gasteiger partial charge in [-0.1, -0.05) is 18.2 Å². The number of nitrogens with one attached hydrogen (secondary N) is 2. The highest BCUT2D eigenvalue weighted by Gasteiger charge is 2.11. The van der Waals surface area contributed by atoms with Crippen molar-refractivity contribution in [2.24, 2.45) is 0 Å². The summed E-state index contributed by atoms with van der Waals surface area (Å²) in [5, 5.41) is 5.67. The second kappa shape index (κ2) is 7.31. The third-order valence-corrected chi connectivity index (χ3v) is 3.93. The molecule has 0 bridgehead atoms. The first-order valence-corrected chi connectivity index (χ1v) is 7.99. The SMILES string of the molecule is Cc1cccc(C)c1NC(=O)c1cncc(Nc2ccc(F)cc2F)c1. The van der Waals surface area contributed by atoms with Gasteiger partial charge >= 0.3 is 0 Å². The van der Waals surface area contributed by atoms with Crippen molar-refractivity contribution in [3.05, 3.63) is 83.2 Å². The third-order valence-electron chi connectivity index (χ3n) is 3.93. The fourth-order valence-electron chi connectivity index (χ4n) is 2.58. The molecule has 0 saturated carbocycles. The van der Waals surface area contributed by atoms with Crippen LogP contribution >= 0.6 is 0 Å². The van der Waals surface area contributed by atoms with Gasteiger partial charge in [0, 0.05) is 18.0 Å². The fourth-order valence-corrected chi connectivity index (χ4v) is 2.58. The van der Waals surface area contributed by atoms with Crippen LogP contribution in [0.4, 0.5) is 25.8 Å². The quantitative estimate of drug-likeness (QED) is 0.696. The minimum absolute atomic E-state index is 0.0977. The molecule has 1 aromatic heterocycles. The van der Waals surface area contributed by atoms with Crippen LogP contribution < -0.4 is 10.6 Å². The molecule has 0 saturated heterocycles. The average molecular weight is 353 g/mol. The third kappa shape index (κ3) is 3.85. The lowest BCUT2D eigenvalue weighted by molar-refractivity contribution is 0.102. The van der Waals surface area contributed by atoms with Crippen LogP contribution in [0.3, 0.4) is 0 Å². The van der Waals surface area contributed by atoms with Gasteiger partial charge in [0.25, 0.3) is 5.91 Å². The lowest BCUT2D eigenvalue weighted by atomic mass is 10.1. The van der Waals surface area contributed by atoms with Crippen LogP contribution in [0.15, 0.2) is 54.9 Å². The number of carbonyl (C=O) groups excluding carboxylic acids is 1. The predicted octanol–water partition coefficient (Wildman–Crippen LogP) is 4.97. The van der Waals surface area contributed by atoms with Gasteiger partial charge < -0.3 is 10.6 Å². The summed E-state index contributed by atoms with van der Waals surface area (Å²) in [7, 11) is 0. The van der Waals surface area contributed by atoms with E-state index >= 15 is 0 Å². The van der Waals surface area contributed by atoms with E-state index in [1.165, 1.54) is 18.5 Å². The number of halogens is 2. The zero-order valence-corrected chi connectivity index (χ0v) is 14.3. The van der Waals surface area contributed by atoms with Gasteiger partial charge in [-0.25, -0.2) is 8.78 Å². The maximum atomic E-state index is 13.8. The lowest BCUT2D eigenvalue weighted by Gasteiger charge is -2.12. The molecule has 3 aromatic rings. The summed E-state index contributed by atoms with van der Waals surface area (Å²) >= 11 is 0. The monoisotopic (exact) mass is 353 g/mol. The first kappa shape index (κ1) is 17.5.